The SMILES string of the molecule is CC1CCN(C(=O)c2cccc(-n3ccc(C(F)(F)F)n3)c2)C(C(=O)O)C1. The van der Waals surface area contributed by atoms with Crippen molar-refractivity contribution in [3.63, 3.8) is 0 Å². The van der Waals surface area contributed by atoms with Crippen molar-refractivity contribution in [2.75, 3.05) is 6.54 Å². The summed E-state index contributed by atoms with van der Waals surface area (Å²) in [4.78, 5) is 25.7. The Morgan fingerprint density at radius 2 is 2.00 bits per heavy atom. The Labute approximate surface area is 153 Å². The van der Waals surface area contributed by atoms with Crippen molar-refractivity contribution in [1.29, 1.82) is 0 Å². The molecule has 144 valence electrons. The number of amides is 1. The van der Waals surface area contributed by atoms with E-state index in [0.29, 0.717) is 19.4 Å². The summed E-state index contributed by atoms with van der Waals surface area (Å²) in [5, 5.41) is 12.9. The second-order valence-corrected chi connectivity index (χ2v) is 6.68. The lowest BCUT2D eigenvalue weighted by atomic mass is 9.92. The van der Waals surface area contributed by atoms with Crippen LogP contribution in [0.3, 0.4) is 0 Å². The Balaban J connectivity index is 1.87. The average molecular weight is 381 g/mol. The number of alkyl halides is 3. The van der Waals surface area contributed by atoms with E-state index in [9.17, 15) is 27.9 Å². The molecule has 1 fully saturated rings. The number of rotatable bonds is 3. The van der Waals surface area contributed by atoms with Crippen molar-refractivity contribution in [1.82, 2.24) is 14.7 Å². The van der Waals surface area contributed by atoms with Crippen molar-refractivity contribution in [2.24, 2.45) is 5.92 Å². The van der Waals surface area contributed by atoms with Crippen LogP contribution in [0.25, 0.3) is 5.69 Å². The van der Waals surface area contributed by atoms with Gasteiger partial charge in [-0.1, -0.05) is 13.0 Å². The smallest absolute Gasteiger partial charge is 0.435 e. The maximum absolute atomic E-state index is 12.8. The van der Waals surface area contributed by atoms with Crippen molar-refractivity contribution in [3.05, 3.63) is 47.8 Å². The molecule has 1 aromatic heterocycles. The van der Waals surface area contributed by atoms with Gasteiger partial charge < -0.3 is 10.0 Å². The maximum Gasteiger partial charge on any atom is 0.435 e. The summed E-state index contributed by atoms with van der Waals surface area (Å²) in [6, 6.07) is 5.91. The molecule has 1 aliphatic rings. The van der Waals surface area contributed by atoms with E-state index >= 15 is 0 Å². The van der Waals surface area contributed by atoms with E-state index in [-0.39, 0.29) is 17.2 Å². The molecular formula is C18H18F3N3O3. The summed E-state index contributed by atoms with van der Waals surface area (Å²) in [5.74, 6) is -1.32. The number of halogens is 3. The van der Waals surface area contributed by atoms with E-state index in [0.717, 1.165) is 16.9 Å². The largest absolute Gasteiger partial charge is 0.480 e. The van der Waals surface area contributed by atoms with Gasteiger partial charge in [-0.05, 0) is 43.0 Å². The van der Waals surface area contributed by atoms with Gasteiger partial charge in [0.2, 0.25) is 0 Å². The number of hydrogen-bond donors (Lipinski definition) is 1. The van der Waals surface area contributed by atoms with E-state index in [1.54, 1.807) is 0 Å². The Hall–Kier alpha value is -2.84. The average Bonchev–Trinajstić information content (AvgIpc) is 3.12. The first kappa shape index (κ1) is 18.9. The quantitative estimate of drug-likeness (QED) is 0.886. The van der Waals surface area contributed by atoms with Gasteiger partial charge in [-0.3, -0.25) is 4.79 Å². The summed E-state index contributed by atoms with van der Waals surface area (Å²) >= 11 is 0. The predicted octanol–water partition coefficient (Wildman–Crippen LogP) is 3.22. The topological polar surface area (TPSA) is 75.4 Å². The molecule has 1 aromatic carbocycles. The molecule has 27 heavy (non-hydrogen) atoms. The van der Waals surface area contributed by atoms with Gasteiger partial charge in [0.15, 0.2) is 5.69 Å². The van der Waals surface area contributed by atoms with Gasteiger partial charge in [0.05, 0.1) is 5.69 Å². The normalized spacial score (nSPS) is 20.5. The highest BCUT2D eigenvalue weighted by molar-refractivity contribution is 5.97. The fraction of sp³-hybridized carbons (Fsp3) is 0.389. The van der Waals surface area contributed by atoms with E-state index in [2.05, 4.69) is 5.10 Å². The predicted molar refractivity (Wildman–Crippen MR) is 89.4 cm³/mol. The number of likely N-dealkylation sites (tertiary alicyclic amines) is 1. The number of benzene rings is 1. The van der Waals surface area contributed by atoms with Crippen LogP contribution in [0.2, 0.25) is 0 Å². The lowest BCUT2D eigenvalue weighted by molar-refractivity contribution is -0.144. The van der Waals surface area contributed by atoms with Gasteiger partial charge in [0.25, 0.3) is 5.91 Å². The summed E-state index contributed by atoms with van der Waals surface area (Å²) in [6.07, 6.45) is -2.33. The van der Waals surface area contributed by atoms with Crippen LogP contribution in [0.1, 0.15) is 35.8 Å². The molecule has 3 rings (SSSR count). The zero-order valence-corrected chi connectivity index (χ0v) is 14.5. The van der Waals surface area contributed by atoms with Gasteiger partial charge in [0, 0.05) is 18.3 Å². The van der Waals surface area contributed by atoms with Crippen LogP contribution in [0, 0.1) is 5.92 Å². The molecule has 2 unspecified atom stereocenters. The second-order valence-electron chi connectivity index (χ2n) is 6.68. The number of nitrogens with zero attached hydrogens (tertiary/aromatic N) is 3. The van der Waals surface area contributed by atoms with Crippen molar-refractivity contribution in [2.45, 2.75) is 32.0 Å². The van der Waals surface area contributed by atoms with Crippen LogP contribution in [0.4, 0.5) is 13.2 Å². The van der Waals surface area contributed by atoms with Crippen LogP contribution >= 0.6 is 0 Å². The number of carboxylic acid groups (broad SMARTS) is 1. The fourth-order valence-electron chi connectivity index (χ4n) is 3.18. The molecule has 0 radical (unpaired) electrons. The Kier molecular flexibility index (Phi) is 4.95. The molecule has 1 N–H and O–H groups in total. The van der Waals surface area contributed by atoms with Crippen molar-refractivity contribution < 1.29 is 27.9 Å². The highest BCUT2D eigenvalue weighted by Crippen LogP contribution is 2.28. The fourth-order valence-corrected chi connectivity index (χ4v) is 3.18. The van der Waals surface area contributed by atoms with Crippen LogP contribution in [-0.2, 0) is 11.0 Å². The molecule has 0 aliphatic carbocycles. The van der Waals surface area contributed by atoms with Gasteiger partial charge in [0.1, 0.15) is 6.04 Å². The van der Waals surface area contributed by atoms with Gasteiger partial charge in [-0.2, -0.15) is 18.3 Å². The van der Waals surface area contributed by atoms with E-state index in [1.807, 2.05) is 6.92 Å². The lowest BCUT2D eigenvalue weighted by Crippen LogP contribution is -2.49. The first-order chi connectivity index (χ1) is 12.7. The third-order valence-corrected chi connectivity index (χ3v) is 4.65. The molecule has 6 nitrogen and oxygen atoms in total. The van der Waals surface area contributed by atoms with Crippen molar-refractivity contribution in [3.8, 4) is 5.69 Å². The Morgan fingerprint density at radius 1 is 1.26 bits per heavy atom. The minimum absolute atomic E-state index is 0.200. The van der Waals surface area contributed by atoms with Crippen molar-refractivity contribution >= 4 is 11.9 Å². The number of carbonyl (C=O) groups is 2. The van der Waals surface area contributed by atoms with Crippen LogP contribution in [-0.4, -0.2) is 44.3 Å². The monoisotopic (exact) mass is 381 g/mol. The minimum Gasteiger partial charge on any atom is -0.480 e. The molecule has 1 aliphatic heterocycles. The highest BCUT2D eigenvalue weighted by atomic mass is 19.4. The molecule has 0 bridgehead atoms. The summed E-state index contributed by atoms with van der Waals surface area (Å²) < 4.78 is 39.2. The second kappa shape index (κ2) is 7.05. The molecule has 1 saturated heterocycles. The van der Waals surface area contributed by atoms with Crippen LogP contribution in [0.15, 0.2) is 36.5 Å². The summed E-state index contributed by atoms with van der Waals surface area (Å²) in [5.41, 5.74) is -0.541. The number of piperidine rings is 1. The van der Waals surface area contributed by atoms with E-state index in [4.69, 9.17) is 0 Å². The number of hydrogen-bond acceptors (Lipinski definition) is 3. The Bertz CT molecular complexity index is 863. The van der Waals surface area contributed by atoms with Crippen LogP contribution in [0.5, 0.6) is 0 Å². The summed E-state index contributed by atoms with van der Waals surface area (Å²) in [6.45, 7) is 2.26. The number of aliphatic carboxylic acids is 1. The first-order valence-corrected chi connectivity index (χ1v) is 8.44. The summed E-state index contributed by atoms with van der Waals surface area (Å²) in [7, 11) is 0. The number of carbonyl (C=O) groups excluding carboxylic acids is 1. The third kappa shape index (κ3) is 3.96. The molecule has 0 spiro atoms. The van der Waals surface area contributed by atoms with Gasteiger partial charge >= 0.3 is 12.1 Å². The molecule has 2 heterocycles. The number of aromatic nitrogens is 2. The van der Waals surface area contributed by atoms with E-state index < -0.39 is 29.8 Å². The Morgan fingerprint density at radius 3 is 2.63 bits per heavy atom. The molecule has 0 saturated carbocycles. The lowest BCUT2D eigenvalue weighted by Gasteiger charge is -2.36. The number of carboxylic acids is 1. The molecule has 1 amide bonds. The van der Waals surface area contributed by atoms with E-state index in [1.165, 1.54) is 29.2 Å². The van der Waals surface area contributed by atoms with Gasteiger partial charge in [-0.15, -0.1) is 0 Å². The zero-order chi connectivity index (χ0) is 19.8. The molecule has 2 atom stereocenters. The zero-order valence-electron chi connectivity index (χ0n) is 14.5. The first-order valence-electron chi connectivity index (χ1n) is 8.44. The van der Waals surface area contributed by atoms with Crippen LogP contribution < -0.4 is 0 Å². The molecular weight excluding hydrogens is 363 g/mol. The minimum atomic E-state index is -4.56. The van der Waals surface area contributed by atoms with Gasteiger partial charge in [-0.25, -0.2) is 9.48 Å². The molecule has 2 aromatic rings. The third-order valence-electron chi connectivity index (χ3n) is 4.65. The molecule has 9 heteroatoms. The standard InChI is InChI=1S/C18H18F3N3O3/c1-11-5-7-23(14(9-11)17(26)27)16(25)12-3-2-4-13(10-12)24-8-6-15(22-24)18(19,20)21/h2-4,6,8,10-11,14H,5,7,9H2,1H3,(H,26,27). The maximum atomic E-state index is 12.8. The highest BCUT2D eigenvalue weighted by Gasteiger charge is 2.36.